The van der Waals surface area contributed by atoms with Crippen LogP contribution in [0, 0.1) is 75.0 Å². The van der Waals surface area contributed by atoms with Crippen LogP contribution in [-0.4, -0.2) is 103 Å². The first-order chi connectivity index (χ1) is 42.2. The molecule has 13 heteroatoms. The third-order valence-corrected chi connectivity index (χ3v) is 26.2. The summed E-state index contributed by atoms with van der Waals surface area (Å²) in [4.78, 5) is 26.4. The molecule has 500 valence electrons. The van der Waals surface area contributed by atoms with Crippen molar-refractivity contribution in [1.29, 1.82) is 0 Å². The summed E-state index contributed by atoms with van der Waals surface area (Å²) in [6.07, 6.45) is 10.2. The Kier molecular flexibility index (Phi) is 27.3. The Bertz CT molecular complexity index is 3130. The van der Waals surface area contributed by atoms with E-state index in [1.54, 1.807) is 0 Å². The van der Waals surface area contributed by atoms with E-state index in [4.69, 9.17) is 32.8 Å². The first-order valence-corrected chi connectivity index (χ1v) is 42.8. The topological polar surface area (TPSA) is 119 Å². The summed E-state index contributed by atoms with van der Waals surface area (Å²) in [5.74, 6) is 5.49. The van der Waals surface area contributed by atoms with E-state index >= 15 is 0 Å². The van der Waals surface area contributed by atoms with E-state index in [9.17, 15) is 14.7 Å². The molecule has 2 heterocycles. The van der Waals surface area contributed by atoms with Gasteiger partial charge in [-0.05, 0) is 131 Å². The molecule has 91 heavy (non-hydrogen) atoms. The van der Waals surface area contributed by atoms with Gasteiger partial charge in [-0.15, -0.1) is 0 Å². The van der Waals surface area contributed by atoms with Crippen LogP contribution in [0.1, 0.15) is 158 Å². The number of benzene rings is 4. The minimum atomic E-state index is -2.78. The van der Waals surface area contributed by atoms with Gasteiger partial charge in [0.2, 0.25) is 0 Å². The fourth-order valence-electron chi connectivity index (χ4n) is 11.9. The quantitative estimate of drug-likeness (QED) is 0.0314. The number of aliphatic hydroxyl groups excluding tert-OH is 1. The maximum atomic E-state index is 13.3. The van der Waals surface area contributed by atoms with E-state index in [1.165, 1.54) is 10.4 Å². The molecule has 2 aliphatic rings. The largest absolute Gasteiger partial charge is 0.462 e. The Morgan fingerprint density at radius 3 is 1.31 bits per heavy atom. The minimum Gasteiger partial charge on any atom is -0.462 e. The predicted octanol–water partition coefficient (Wildman–Crippen LogP) is 17.4. The summed E-state index contributed by atoms with van der Waals surface area (Å²) in [5.41, 5.74) is 6.95. The van der Waals surface area contributed by atoms with E-state index in [0.717, 1.165) is 45.5 Å². The molecule has 0 amide bonds. The first-order valence-electron chi connectivity index (χ1n) is 33.5. The van der Waals surface area contributed by atoms with Crippen molar-refractivity contribution >= 4 is 58.9 Å². The summed E-state index contributed by atoms with van der Waals surface area (Å²) in [6, 6.07) is 31.2. The zero-order chi connectivity index (χ0) is 68.2. The SMILES string of the molecule is Cc1cc(C)c(C(=O)OCC[Si](C)(C)C)c(/C=C/C(C)[C@@H]2OC(C)(C)O[C@@H]2C(C)/C=C\[C@@H](C)C(C)C)c1.Cc1cc(C)c(C(=O)OCC[Si](C)(C)C)c(/C=C/C(C)[C@@H]2OC(C)(C)O[C@@H]2C(O)C#C[C@@H](C)[C@H](C)O[Si](c2ccccc2)(c2ccccc2)C(C)(C)C)c1. The number of hydrogen-bond donors (Lipinski definition) is 1. The number of carbonyl (C=O) groups excluding carboxylic acids is 2. The van der Waals surface area contributed by atoms with Crippen molar-refractivity contribution in [2.75, 3.05) is 13.2 Å². The molecule has 2 saturated heterocycles. The van der Waals surface area contributed by atoms with Crippen LogP contribution in [0.25, 0.3) is 12.2 Å². The molecule has 0 bridgehead atoms. The third-order valence-electron chi connectivity index (χ3n) is 17.7. The van der Waals surface area contributed by atoms with E-state index in [1.807, 2.05) is 91.8 Å². The Morgan fingerprint density at radius 2 is 0.934 bits per heavy atom. The molecule has 2 fully saturated rings. The molecule has 0 radical (unpaired) electrons. The number of aryl methyl sites for hydroxylation is 4. The van der Waals surface area contributed by atoms with Crippen molar-refractivity contribution in [2.24, 2.45) is 35.5 Å². The minimum absolute atomic E-state index is 0.0458. The maximum absolute atomic E-state index is 13.3. The van der Waals surface area contributed by atoms with Gasteiger partial charge in [-0.1, -0.05) is 246 Å². The van der Waals surface area contributed by atoms with E-state index in [0.29, 0.717) is 36.2 Å². The fourth-order valence-corrected chi connectivity index (χ4v) is 18.1. The lowest BCUT2D eigenvalue weighted by Crippen LogP contribution is -2.67. The van der Waals surface area contributed by atoms with Gasteiger partial charge in [0.25, 0.3) is 8.32 Å². The number of esters is 2. The van der Waals surface area contributed by atoms with Gasteiger partial charge >= 0.3 is 11.9 Å². The first kappa shape index (κ1) is 76.7. The number of ether oxygens (including phenoxy) is 6. The van der Waals surface area contributed by atoms with E-state index in [-0.39, 0.29) is 59.0 Å². The van der Waals surface area contributed by atoms with Gasteiger partial charge in [0.1, 0.15) is 12.2 Å². The number of carbonyl (C=O) groups is 2. The molecule has 4 aromatic rings. The second-order valence-electron chi connectivity index (χ2n) is 30.9. The summed E-state index contributed by atoms with van der Waals surface area (Å²) in [6.45, 7) is 54.4. The molecule has 0 spiro atoms. The molecule has 4 unspecified atom stereocenters. The van der Waals surface area contributed by atoms with Gasteiger partial charge < -0.3 is 38.0 Å². The molecule has 0 saturated carbocycles. The van der Waals surface area contributed by atoms with Crippen LogP contribution in [0.2, 0.25) is 56.4 Å². The monoisotopic (exact) mass is 1300 g/mol. The second-order valence-corrected chi connectivity index (χ2v) is 46.4. The van der Waals surface area contributed by atoms with Crippen LogP contribution in [0.15, 0.2) is 109 Å². The standard InChI is InChI=1S/C46H64O6Si2.C32H52O4Si/c1-32-30-35(4)41(44(48)49-28-29-53(11,12)13)37(31-32)26-24-34(3)42-43(51-46(9,10)50-42)40(47)27-25-33(2)36(5)52-54(45(6,7)8,38-20-16-14-17-21-38)39-22-18-15-19-23-39;1-21(2)23(4)13-14-24(5)29-30(36-32(8,9)35-29)25(6)15-16-27-20-22(3)19-26(7)28(27)31(33)34-17-18-37(10,11)12/h14-24,26,30-31,33-34,36,40,42-43,47H,28-29H2,1-13H3;13-16,19-21,23-25,29-30H,17-18H2,1-12H3/b26-24+;14-13-,16-15+/t33-,34?,36+,40?,42+,43-;23-,24?,25?,29-,30+/m11/s1. The highest BCUT2D eigenvalue weighted by Gasteiger charge is 2.52. The highest BCUT2D eigenvalue weighted by Crippen LogP contribution is 2.40. The van der Waals surface area contributed by atoms with E-state index < -0.39 is 54.4 Å². The summed E-state index contributed by atoms with van der Waals surface area (Å²) in [5, 5.41) is 13.8. The van der Waals surface area contributed by atoms with Crippen molar-refractivity contribution in [3.63, 3.8) is 0 Å². The van der Waals surface area contributed by atoms with Crippen LogP contribution in [0.5, 0.6) is 0 Å². The highest BCUT2D eigenvalue weighted by molar-refractivity contribution is 6.99. The van der Waals surface area contributed by atoms with Crippen molar-refractivity contribution in [3.8, 4) is 11.8 Å². The Hall–Kier alpha value is -4.99. The van der Waals surface area contributed by atoms with Gasteiger partial charge in [-0.3, -0.25) is 0 Å². The second kappa shape index (κ2) is 32.4. The molecule has 4 aromatic carbocycles. The van der Waals surface area contributed by atoms with Gasteiger partial charge in [0.15, 0.2) is 11.6 Å². The molecular weight excluding hydrogens is 1180 g/mol. The van der Waals surface area contributed by atoms with E-state index in [2.05, 4.69) is 212 Å². The van der Waals surface area contributed by atoms with Crippen LogP contribution >= 0.6 is 0 Å². The van der Waals surface area contributed by atoms with Crippen LogP contribution in [0.4, 0.5) is 0 Å². The van der Waals surface area contributed by atoms with Crippen LogP contribution in [-0.2, 0) is 32.8 Å². The molecule has 6 rings (SSSR count). The number of allylic oxidation sites excluding steroid dienone is 1. The van der Waals surface area contributed by atoms with Crippen molar-refractivity contribution in [3.05, 3.63) is 154 Å². The van der Waals surface area contributed by atoms with Crippen molar-refractivity contribution in [2.45, 2.75) is 236 Å². The van der Waals surface area contributed by atoms with Crippen molar-refractivity contribution in [1.82, 2.24) is 0 Å². The summed E-state index contributed by atoms with van der Waals surface area (Å²) in [7, 11) is -5.40. The lowest BCUT2D eigenvalue weighted by atomic mass is 9.89. The fraction of sp³-hybridized carbons (Fsp3) is 0.564. The lowest BCUT2D eigenvalue weighted by Gasteiger charge is -2.45. The van der Waals surface area contributed by atoms with Crippen LogP contribution < -0.4 is 10.4 Å². The number of hydrogen-bond acceptors (Lipinski definition) is 10. The Balaban J connectivity index is 0.000000355. The normalized spacial score (nSPS) is 21.0. The van der Waals surface area contributed by atoms with Crippen LogP contribution in [0.3, 0.4) is 0 Å². The molecule has 2 aliphatic heterocycles. The number of rotatable bonds is 24. The molecule has 10 nitrogen and oxygen atoms in total. The zero-order valence-corrected chi connectivity index (χ0v) is 63.4. The van der Waals surface area contributed by atoms with Gasteiger partial charge in [-0.2, -0.15) is 0 Å². The smallest absolute Gasteiger partial charge is 0.338 e. The van der Waals surface area contributed by atoms with Crippen molar-refractivity contribution < 1.29 is 47.5 Å². The molecule has 0 aliphatic carbocycles. The van der Waals surface area contributed by atoms with Gasteiger partial charge in [0.05, 0.1) is 48.8 Å². The molecule has 0 aromatic heterocycles. The Morgan fingerprint density at radius 1 is 0.560 bits per heavy atom. The maximum Gasteiger partial charge on any atom is 0.338 e. The third kappa shape index (κ3) is 22.0. The Labute approximate surface area is 553 Å². The average molecular weight is 1300 g/mol. The van der Waals surface area contributed by atoms with Gasteiger partial charge in [-0.25, -0.2) is 9.59 Å². The summed E-state index contributed by atoms with van der Waals surface area (Å²) >= 11 is 0. The van der Waals surface area contributed by atoms with Gasteiger partial charge in [0, 0.05) is 39.8 Å². The zero-order valence-electron chi connectivity index (χ0n) is 60.4. The lowest BCUT2D eigenvalue weighted by molar-refractivity contribution is -0.153. The summed E-state index contributed by atoms with van der Waals surface area (Å²) < 4.78 is 44.3. The molecule has 11 atom stereocenters. The highest BCUT2D eigenvalue weighted by atomic mass is 28.4. The predicted molar refractivity (Wildman–Crippen MR) is 386 cm³/mol. The average Bonchev–Trinajstić information content (AvgIpc) is 1.59. The number of aliphatic hydroxyl groups is 1. The molecular formula is C78H116O10Si3. The molecule has 1 N–H and O–H groups in total.